The normalized spacial score (nSPS) is 10.5. The number of hydrogen-bond acceptors (Lipinski definition) is 8. The largest absolute Gasteiger partial charge is 0.464 e. The van der Waals surface area contributed by atoms with Gasteiger partial charge in [0, 0.05) is 54.4 Å². The minimum Gasteiger partial charge on any atom is -0.464 e. The first-order valence-corrected chi connectivity index (χ1v) is 14.2. The quantitative estimate of drug-likeness (QED) is 0.167. The number of nitrogens with zero attached hydrogens (tertiary/aromatic N) is 3. The second-order valence-electron chi connectivity index (χ2n) is 7.90. The number of ether oxygens (including phenoxy) is 1. The fraction of sp³-hybridized carbons (Fsp3) is 0.0400. The van der Waals surface area contributed by atoms with Gasteiger partial charge in [0.1, 0.15) is 11.4 Å². The van der Waals surface area contributed by atoms with Crippen molar-refractivity contribution in [2.24, 2.45) is 11.5 Å². The standard InChI is InChI=1S/C9H7BrN2O2.C8H6BrN3O.C8H5BrN2OS/c1-14-9(13)7-2-5-6(10)3-11-4-8(5)12-7;9-5-2-11-3-7-4(5)1-6(12-7)8(10)13;9-5-2-11-3-7-4(5)1-6(13-7)8(10)12/h2-4,12H,1H3;1-3,12H,(H2,10,13);1-3H,(H2,10,12). The summed E-state index contributed by atoms with van der Waals surface area (Å²) in [6.45, 7) is 0. The maximum Gasteiger partial charge on any atom is 0.354 e. The van der Waals surface area contributed by atoms with E-state index in [1.165, 1.54) is 18.4 Å². The Bertz CT molecular complexity index is 1790. The molecule has 0 saturated carbocycles. The van der Waals surface area contributed by atoms with Gasteiger partial charge in [0.15, 0.2) is 0 Å². The number of hydrogen-bond donors (Lipinski definition) is 4. The van der Waals surface area contributed by atoms with Crippen molar-refractivity contribution >= 4 is 109 Å². The van der Waals surface area contributed by atoms with E-state index in [-0.39, 0.29) is 5.97 Å². The smallest absolute Gasteiger partial charge is 0.354 e. The van der Waals surface area contributed by atoms with E-state index < -0.39 is 11.8 Å². The van der Waals surface area contributed by atoms with E-state index in [4.69, 9.17) is 11.5 Å². The molecule has 0 aliphatic heterocycles. The van der Waals surface area contributed by atoms with Gasteiger partial charge < -0.3 is 26.2 Å². The highest BCUT2D eigenvalue weighted by molar-refractivity contribution is 9.11. The summed E-state index contributed by atoms with van der Waals surface area (Å²) in [6.07, 6.45) is 10.1. The molecular formula is C25H18Br3N7O4S. The van der Waals surface area contributed by atoms with Gasteiger partial charge in [-0.2, -0.15) is 0 Å². The molecule has 0 bridgehead atoms. The molecule has 0 unspecified atom stereocenters. The van der Waals surface area contributed by atoms with Gasteiger partial charge in [0.2, 0.25) is 0 Å². The first kappa shape index (κ1) is 29.3. The van der Waals surface area contributed by atoms with Crippen LogP contribution in [0.5, 0.6) is 0 Å². The van der Waals surface area contributed by atoms with Crippen LogP contribution in [-0.4, -0.2) is 49.8 Å². The molecule has 40 heavy (non-hydrogen) atoms. The summed E-state index contributed by atoms with van der Waals surface area (Å²) < 4.78 is 8.13. The maximum absolute atomic E-state index is 11.2. The fourth-order valence-corrected chi connectivity index (χ4v) is 5.81. The predicted octanol–water partition coefficient (Wildman–Crippen LogP) is 5.69. The van der Waals surface area contributed by atoms with Crippen LogP contribution in [0, 0.1) is 0 Å². The summed E-state index contributed by atoms with van der Waals surface area (Å²) in [6, 6.07) is 5.20. The molecule has 6 heterocycles. The van der Waals surface area contributed by atoms with Crippen LogP contribution in [0.4, 0.5) is 0 Å². The minimum absolute atomic E-state index is 0.381. The number of rotatable bonds is 3. The predicted molar refractivity (Wildman–Crippen MR) is 163 cm³/mol. The number of halogens is 3. The Morgan fingerprint density at radius 3 is 1.70 bits per heavy atom. The molecule has 0 aliphatic carbocycles. The number of carbonyl (C=O) groups is 3. The molecule has 6 aromatic rings. The lowest BCUT2D eigenvalue weighted by molar-refractivity contribution is 0.0595. The second kappa shape index (κ2) is 12.7. The van der Waals surface area contributed by atoms with Gasteiger partial charge in [-0.25, -0.2) is 4.79 Å². The van der Waals surface area contributed by atoms with E-state index >= 15 is 0 Å². The van der Waals surface area contributed by atoms with E-state index in [2.05, 4.69) is 77.4 Å². The van der Waals surface area contributed by atoms with Crippen LogP contribution >= 0.6 is 59.1 Å². The molecule has 0 fully saturated rings. The van der Waals surface area contributed by atoms with Gasteiger partial charge in [0.05, 0.1) is 40.1 Å². The number of H-pyrrole nitrogens is 2. The summed E-state index contributed by atoms with van der Waals surface area (Å²) in [5.41, 5.74) is 12.7. The highest BCUT2D eigenvalue weighted by Crippen LogP contribution is 2.30. The molecule has 6 N–H and O–H groups in total. The summed E-state index contributed by atoms with van der Waals surface area (Å²) >= 11 is 11.4. The molecule has 204 valence electrons. The third-order valence-corrected chi connectivity index (χ3v) is 8.29. The van der Waals surface area contributed by atoms with E-state index in [1.54, 1.807) is 55.4 Å². The van der Waals surface area contributed by atoms with Crippen LogP contribution in [0.2, 0.25) is 0 Å². The average molecular weight is 752 g/mol. The summed E-state index contributed by atoms with van der Waals surface area (Å²) in [7, 11) is 1.35. The van der Waals surface area contributed by atoms with Crippen molar-refractivity contribution in [2.45, 2.75) is 0 Å². The third kappa shape index (κ3) is 6.55. The van der Waals surface area contributed by atoms with E-state index in [1.807, 2.05) is 0 Å². The number of nitrogens with one attached hydrogen (secondary N) is 2. The number of esters is 1. The summed E-state index contributed by atoms with van der Waals surface area (Å²) in [4.78, 5) is 51.2. The number of aromatic amines is 2. The molecule has 15 heteroatoms. The lowest BCUT2D eigenvalue weighted by Crippen LogP contribution is -2.10. The van der Waals surface area contributed by atoms with Gasteiger partial charge in [-0.1, -0.05) is 0 Å². The van der Waals surface area contributed by atoms with Crippen LogP contribution in [0.1, 0.15) is 30.6 Å². The third-order valence-electron chi connectivity index (χ3n) is 5.31. The van der Waals surface area contributed by atoms with Crippen molar-refractivity contribution in [2.75, 3.05) is 7.11 Å². The number of primary amides is 2. The molecule has 0 aliphatic rings. The molecule has 0 saturated heterocycles. The SMILES string of the molecule is COC(=O)c1cc2c(Br)cncc2[nH]1.NC(=O)c1cc2c(Br)cncc2[nH]1.NC(=O)c1cc2c(Br)cncc2s1. The topological polar surface area (TPSA) is 183 Å². The van der Waals surface area contributed by atoms with Crippen LogP contribution < -0.4 is 11.5 Å². The zero-order valence-electron chi connectivity index (χ0n) is 20.4. The van der Waals surface area contributed by atoms with Gasteiger partial charge in [-0.15, -0.1) is 11.3 Å². The van der Waals surface area contributed by atoms with Crippen LogP contribution in [0.25, 0.3) is 31.9 Å². The molecular weight excluding hydrogens is 734 g/mol. The van der Waals surface area contributed by atoms with Gasteiger partial charge in [0.25, 0.3) is 11.8 Å². The van der Waals surface area contributed by atoms with Crippen molar-refractivity contribution in [1.29, 1.82) is 0 Å². The number of pyridine rings is 3. The van der Waals surface area contributed by atoms with Gasteiger partial charge in [-0.3, -0.25) is 24.5 Å². The Kier molecular flexibility index (Phi) is 9.29. The highest BCUT2D eigenvalue weighted by atomic mass is 79.9. The molecule has 0 spiro atoms. The van der Waals surface area contributed by atoms with Crippen LogP contribution in [-0.2, 0) is 4.74 Å². The minimum atomic E-state index is -0.469. The second-order valence-corrected chi connectivity index (χ2v) is 11.5. The lowest BCUT2D eigenvalue weighted by Gasteiger charge is -1.91. The molecule has 0 atom stereocenters. The Labute approximate surface area is 255 Å². The van der Waals surface area contributed by atoms with Crippen LogP contribution in [0.3, 0.4) is 0 Å². The lowest BCUT2D eigenvalue weighted by atomic mass is 10.3. The summed E-state index contributed by atoms with van der Waals surface area (Å²) in [5, 5.41) is 2.80. The molecule has 0 aromatic carbocycles. The van der Waals surface area contributed by atoms with Crippen LogP contribution in [0.15, 0.2) is 68.8 Å². The van der Waals surface area contributed by atoms with E-state index in [0.29, 0.717) is 16.3 Å². The fourth-order valence-electron chi connectivity index (χ4n) is 3.44. The monoisotopic (exact) mass is 749 g/mol. The molecule has 6 rings (SSSR count). The number of thiophene rings is 1. The number of amides is 2. The molecule has 6 aromatic heterocycles. The molecule has 0 radical (unpaired) electrons. The highest BCUT2D eigenvalue weighted by Gasteiger charge is 2.11. The Morgan fingerprint density at radius 2 is 1.23 bits per heavy atom. The van der Waals surface area contributed by atoms with Crippen molar-refractivity contribution in [1.82, 2.24) is 24.9 Å². The number of aromatic nitrogens is 5. The number of carbonyl (C=O) groups excluding carboxylic acids is 3. The zero-order chi connectivity index (χ0) is 29.0. The number of methoxy groups -OCH3 is 1. The van der Waals surface area contributed by atoms with Crippen molar-refractivity contribution in [3.63, 3.8) is 0 Å². The Hall–Kier alpha value is -3.66. The number of nitrogens with two attached hydrogens (primary N) is 2. The van der Waals surface area contributed by atoms with E-state index in [9.17, 15) is 14.4 Å². The first-order valence-electron chi connectivity index (χ1n) is 11.0. The van der Waals surface area contributed by atoms with Crippen molar-refractivity contribution in [3.8, 4) is 0 Å². The zero-order valence-corrected chi connectivity index (χ0v) is 25.9. The Balaban J connectivity index is 0.000000139. The van der Waals surface area contributed by atoms with Crippen molar-refractivity contribution < 1.29 is 19.1 Å². The first-order chi connectivity index (χ1) is 19.1. The van der Waals surface area contributed by atoms with Gasteiger partial charge >= 0.3 is 5.97 Å². The van der Waals surface area contributed by atoms with Gasteiger partial charge in [-0.05, 0) is 66.0 Å². The average Bonchev–Trinajstić information content (AvgIpc) is 3.67. The molecule has 11 nitrogen and oxygen atoms in total. The number of fused-ring (bicyclic) bond motifs is 3. The molecule has 2 amide bonds. The van der Waals surface area contributed by atoms with E-state index in [0.717, 1.165) is 45.3 Å². The Morgan fingerprint density at radius 1 is 0.725 bits per heavy atom. The summed E-state index contributed by atoms with van der Waals surface area (Å²) in [5.74, 6) is -1.25. The van der Waals surface area contributed by atoms with Crippen molar-refractivity contribution in [3.05, 3.63) is 85.1 Å². The maximum atomic E-state index is 11.2.